The third-order valence-electron chi connectivity index (χ3n) is 10.4. The molecule has 35 heavy (non-hydrogen) atoms. The quantitative estimate of drug-likeness (QED) is 0.592. The third-order valence-corrected chi connectivity index (χ3v) is 10.4. The van der Waals surface area contributed by atoms with Gasteiger partial charge in [0.1, 0.15) is 11.8 Å². The summed E-state index contributed by atoms with van der Waals surface area (Å²) in [6.45, 7) is 7.61. The largest absolute Gasteiger partial charge is 0.465 e. The maximum absolute atomic E-state index is 17.4. The molecule has 0 spiro atoms. The molecule has 2 heterocycles. The number of hydrogen-bond acceptors (Lipinski definition) is 6. The molecule has 2 saturated heterocycles. The average Bonchev–Trinajstić information content (AvgIpc) is 3.35. The summed E-state index contributed by atoms with van der Waals surface area (Å²) >= 11 is 0. The summed E-state index contributed by atoms with van der Waals surface area (Å²) < 4.78 is 51.3. The first kappa shape index (κ1) is 23.7. The van der Waals surface area contributed by atoms with Crippen LogP contribution in [0.4, 0.5) is 8.78 Å². The van der Waals surface area contributed by atoms with Gasteiger partial charge < -0.3 is 19.3 Å². The van der Waals surface area contributed by atoms with Crippen LogP contribution in [0.2, 0.25) is 0 Å². The van der Waals surface area contributed by atoms with Gasteiger partial charge in [-0.25, -0.2) is 8.78 Å². The Hall–Kier alpha value is -1.64. The van der Waals surface area contributed by atoms with Crippen molar-refractivity contribution in [3.63, 3.8) is 0 Å². The maximum atomic E-state index is 17.4. The first-order chi connectivity index (χ1) is 16.3. The molecule has 0 aromatic rings. The number of alkyl halides is 2. The number of aliphatic hydroxyl groups is 1. The van der Waals surface area contributed by atoms with Gasteiger partial charge in [0.15, 0.2) is 17.2 Å². The minimum atomic E-state index is -2.15. The average molecular weight is 493 g/mol. The maximum Gasteiger partial charge on any atom is 0.309 e. The number of aliphatic hydroxyl groups excluding tert-OH is 1. The fourth-order valence-electron chi connectivity index (χ4n) is 8.89. The van der Waals surface area contributed by atoms with Gasteiger partial charge >= 0.3 is 5.97 Å². The van der Waals surface area contributed by atoms with E-state index in [1.165, 1.54) is 18.2 Å². The molecule has 0 radical (unpaired) electrons. The second-order valence-corrected chi connectivity index (χ2v) is 12.5. The van der Waals surface area contributed by atoms with Gasteiger partial charge in [0, 0.05) is 16.7 Å². The zero-order valence-electron chi connectivity index (χ0n) is 20.7. The van der Waals surface area contributed by atoms with Gasteiger partial charge in [-0.15, -0.1) is 0 Å². The summed E-state index contributed by atoms with van der Waals surface area (Å²) in [6, 6.07) is 0. The molecule has 6 nitrogen and oxygen atoms in total. The predicted molar refractivity (Wildman–Crippen MR) is 120 cm³/mol. The lowest BCUT2D eigenvalue weighted by molar-refractivity contribution is -0.255. The Bertz CT molecular complexity index is 1050. The van der Waals surface area contributed by atoms with Gasteiger partial charge in [0.2, 0.25) is 0 Å². The molecule has 6 rings (SSSR count). The van der Waals surface area contributed by atoms with Crippen molar-refractivity contribution < 1.29 is 37.7 Å². The predicted octanol–water partition coefficient (Wildman–Crippen LogP) is 3.76. The van der Waals surface area contributed by atoms with Gasteiger partial charge in [-0.1, -0.05) is 13.0 Å². The molecular weight excluding hydrogens is 458 g/mol. The van der Waals surface area contributed by atoms with Crippen LogP contribution < -0.4 is 0 Å². The molecule has 5 fully saturated rings. The Balaban J connectivity index is 1.45. The highest BCUT2D eigenvalue weighted by Gasteiger charge is 2.79. The molecule has 2 aliphatic heterocycles. The molecule has 6 aliphatic rings. The smallest absolute Gasteiger partial charge is 0.309 e. The van der Waals surface area contributed by atoms with E-state index in [9.17, 15) is 14.7 Å². The van der Waals surface area contributed by atoms with Crippen molar-refractivity contribution in [1.29, 1.82) is 0 Å². The Morgan fingerprint density at radius 1 is 1.14 bits per heavy atom. The number of carbonyl (C=O) groups is 2. The van der Waals surface area contributed by atoms with Crippen molar-refractivity contribution in [3.05, 3.63) is 23.8 Å². The number of ketones is 1. The molecule has 1 N–H and O–H groups in total. The lowest BCUT2D eigenvalue weighted by Crippen LogP contribution is -2.70. The van der Waals surface area contributed by atoms with E-state index in [0.29, 0.717) is 25.9 Å². The lowest BCUT2D eigenvalue weighted by atomic mass is 9.44. The zero-order chi connectivity index (χ0) is 25.2. The normalized spacial score (nSPS) is 54.0. The van der Waals surface area contributed by atoms with Crippen LogP contribution >= 0.6 is 0 Å². The highest BCUT2D eigenvalue weighted by atomic mass is 19.1. The topological polar surface area (TPSA) is 82.1 Å². The number of ether oxygens (including phenoxy) is 3. The highest BCUT2D eigenvalue weighted by molar-refractivity contribution is 6.01. The number of carbonyl (C=O) groups excluding carboxylic acids is 2. The van der Waals surface area contributed by atoms with E-state index in [1.807, 2.05) is 20.8 Å². The Kier molecular flexibility index (Phi) is 4.76. The van der Waals surface area contributed by atoms with Crippen LogP contribution in [-0.2, 0) is 23.8 Å². The summed E-state index contributed by atoms with van der Waals surface area (Å²) in [6.07, 6.45) is 1.98. The SMILES string of the molecule is CC1(C)O[C@@H]2C[C@H]3[C@@H]4C[C@H](F)C5=CC(=O)C=C[C@]5(C)[C@@]4(F)[C@@H](O)C[C@]3(C)[C@]2(C[C@@H]2CCOC2=O)O1. The van der Waals surface area contributed by atoms with E-state index in [4.69, 9.17) is 14.2 Å². The van der Waals surface area contributed by atoms with E-state index in [1.54, 1.807) is 6.92 Å². The molecule has 10 atom stereocenters. The molecular formula is C27H34F2O6. The standard InChI is InChI=1S/C27H34F2O6/c1-23(2)34-21-11-16-17-10-19(28)18-9-15(30)5-7-24(18,3)27(17,29)20(31)13-25(16,4)26(21,35-23)12-14-6-8-33-22(14)32/h5,7,9,14,16-17,19-21,31H,6,8,10-13H2,1-4H3/t14-,16-,17-,19-,20-,21+,24-,25-,26+,27-/m0/s1. The van der Waals surface area contributed by atoms with E-state index in [-0.39, 0.29) is 42.0 Å². The van der Waals surface area contributed by atoms with Gasteiger partial charge in [-0.2, -0.15) is 0 Å². The number of hydrogen-bond donors (Lipinski definition) is 1. The monoisotopic (exact) mass is 492 g/mol. The number of allylic oxidation sites excluding steroid dienone is 4. The van der Waals surface area contributed by atoms with Crippen LogP contribution in [0.5, 0.6) is 0 Å². The fourth-order valence-corrected chi connectivity index (χ4v) is 8.89. The van der Waals surface area contributed by atoms with E-state index >= 15 is 8.78 Å². The molecule has 0 aromatic heterocycles. The van der Waals surface area contributed by atoms with Gasteiger partial charge in [0.05, 0.1) is 24.7 Å². The van der Waals surface area contributed by atoms with Crippen molar-refractivity contribution in [2.24, 2.45) is 28.6 Å². The molecule has 0 unspecified atom stereocenters. The number of halogens is 2. The zero-order valence-corrected chi connectivity index (χ0v) is 20.7. The lowest BCUT2D eigenvalue weighted by Gasteiger charge is -2.63. The highest BCUT2D eigenvalue weighted by Crippen LogP contribution is 2.73. The van der Waals surface area contributed by atoms with E-state index in [0.717, 1.165) is 0 Å². The molecule has 0 aromatic carbocycles. The van der Waals surface area contributed by atoms with Crippen LogP contribution in [0.3, 0.4) is 0 Å². The van der Waals surface area contributed by atoms with Crippen LogP contribution in [0, 0.1) is 28.6 Å². The number of esters is 1. The second-order valence-electron chi connectivity index (χ2n) is 12.5. The number of rotatable bonds is 2. The molecule has 192 valence electrons. The molecule has 0 amide bonds. The van der Waals surface area contributed by atoms with Crippen molar-refractivity contribution in [3.8, 4) is 0 Å². The first-order valence-electron chi connectivity index (χ1n) is 12.8. The summed E-state index contributed by atoms with van der Waals surface area (Å²) in [5, 5.41) is 11.6. The summed E-state index contributed by atoms with van der Waals surface area (Å²) in [5.74, 6) is -3.04. The summed E-state index contributed by atoms with van der Waals surface area (Å²) in [5.41, 5.74) is -5.14. The van der Waals surface area contributed by atoms with Crippen molar-refractivity contribution >= 4 is 11.8 Å². The van der Waals surface area contributed by atoms with Crippen molar-refractivity contribution in [1.82, 2.24) is 0 Å². The summed E-state index contributed by atoms with van der Waals surface area (Å²) in [4.78, 5) is 24.5. The molecule has 3 saturated carbocycles. The minimum absolute atomic E-state index is 0.0873. The van der Waals surface area contributed by atoms with Crippen LogP contribution in [0.1, 0.15) is 59.8 Å². The van der Waals surface area contributed by atoms with Gasteiger partial charge in [-0.3, -0.25) is 9.59 Å². The third kappa shape index (κ3) is 2.79. The Morgan fingerprint density at radius 3 is 2.57 bits per heavy atom. The number of fused-ring (bicyclic) bond motifs is 7. The Morgan fingerprint density at radius 2 is 1.89 bits per heavy atom. The van der Waals surface area contributed by atoms with Crippen molar-refractivity contribution in [2.45, 2.75) is 95.2 Å². The Labute approximate surface area is 204 Å². The van der Waals surface area contributed by atoms with Crippen LogP contribution in [-0.4, -0.2) is 58.9 Å². The molecule has 0 bridgehead atoms. The second kappa shape index (κ2) is 7.01. The summed E-state index contributed by atoms with van der Waals surface area (Å²) in [7, 11) is 0. The van der Waals surface area contributed by atoms with E-state index < -0.39 is 52.2 Å². The van der Waals surface area contributed by atoms with Gasteiger partial charge in [-0.05, 0) is 76.5 Å². The van der Waals surface area contributed by atoms with Crippen LogP contribution in [0.25, 0.3) is 0 Å². The molecule has 8 heteroatoms. The fraction of sp³-hybridized carbons (Fsp3) is 0.778. The first-order valence-corrected chi connectivity index (χ1v) is 12.8. The van der Waals surface area contributed by atoms with Crippen LogP contribution in [0.15, 0.2) is 23.8 Å². The number of cyclic esters (lactones) is 1. The van der Waals surface area contributed by atoms with Gasteiger partial charge in [0.25, 0.3) is 0 Å². The van der Waals surface area contributed by atoms with Crippen molar-refractivity contribution in [2.75, 3.05) is 6.61 Å². The minimum Gasteiger partial charge on any atom is -0.465 e. The molecule has 4 aliphatic carbocycles. The van der Waals surface area contributed by atoms with E-state index in [2.05, 4.69) is 0 Å².